The molecule has 1 N–H and O–H groups in total. The van der Waals surface area contributed by atoms with E-state index >= 15 is 0 Å². The molecular formula is C14H24N4O. The highest BCUT2D eigenvalue weighted by molar-refractivity contribution is 5.78. The van der Waals surface area contributed by atoms with Crippen LogP contribution < -0.4 is 5.32 Å². The van der Waals surface area contributed by atoms with Crippen molar-refractivity contribution >= 4 is 5.91 Å². The Hall–Kier alpha value is -1.36. The van der Waals surface area contributed by atoms with E-state index in [-0.39, 0.29) is 5.91 Å². The Morgan fingerprint density at radius 1 is 1.58 bits per heavy atom. The molecule has 1 amide bonds. The minimum absolute atomic E-state index is 0.129. The topological polar surface area (TPSA) is 50.2 Å². The van der Waals surface area contributed by atoms with Crippen LogP contribution in [0.25, 0.3) is 0 Å². The van der Waals surface area contributed by atoms with Crippen LogP contribution in [0, 0.1) is 5.92 Å². The molecule has 0 aliphatic carbocycles. The Bertz CT molecular complexity index is 427. The number of aryl methyl sites for hydroxylation is 1. The zero-order valence-corrected chi connectivity index (χ0v) is 12.1. The smallest absolute Gasteiger partial charge is 0.234 e. The molecule has 2 rings (SSSR count). The Kier molecular flexibility index (Phi) is 4.58. The molecule has 1 aliphatic rings. The maximum atomic E-state index is 11.9. The zero-order chi connectivity index (χ0) is 13.8. The quantitative estimate of drug-likeness (QED) is 0.873. The maximum Gasteiger partial charge on any atom is 0.234 e. The SMILES string of the molecule is CC(C)CNC(=O)CN1CCCC1c1cnn(C)c1. The lowest BCUT2D eigenvalue weighted by molar-refractivity contribution is -0.122. The van der Waals surface area contributed by atoms with Crippen LogP contribution >= 0.6 is 0 Å². The van der Waals surface area contributed by atoms with Crippen LogP contribution in [0.5, 0.6) is 0 Å². The number of rotatable bonds is 5. The molecular weight excluding hydrogens is 240 g/mol. The highest BCUT2D eigenvalue weighted by Gasteiger charge is 2.28. The Morgan fingerprint density at radius 3 is 3.00 bits per heavy atom. The number of aromatic nitrogens is 2. The number of carbonyl (C=O) groups is 1. The van der Waals surface area contributed by atoms with Gasteiger partial charge >= 0.3 is 0 Å². The second-order valence-electron chi connectivity index (χ2n) is 5.77. The third-order valence-electron chi connectivity index (χ3n) is 3.53. The molecule has 0 spiro atoms. The number of likely N-dealkylation sites (tertiary alicyclic amines) is 1. The molecule has 1 fully saturated rings. The fourth-order valence-corrected chi connectivity index (χ4v) is 2.56. The van der Waals surface area contributed by atoms with Gasteiger partial charge in [0, 0.05) is 31.4 Å². The highest BCUT2D eigenvalue weighted by atomic mass is 16.2. The third kappa shape index (κ3) is 3.80. The molecule has 1 aromatic heterocycles. The predicted octanol–water partition coefficient (Wildman–Crippen LogP) is 1.33. The lowest BCUT2D eigenvalue weighted by Crippen LogP contribution is -2.38. The van der Waals surface area contributed by atoms with Gasteiger partial charge in [-0.15, -0.1) is 0 Å². The number of amides is 1. The van der Waals surface area contributed by atoms with Crippen LogP contribution in [0.4, 0.5) is 0 Å². The van der Waals surface area contributed by atoms with Crippen molar-refractivity contribution in [2.45, 2.75) is 32.7 Å². The summed E-state index contributed by atoms with van der Waals surface area (Å²) in [4.78, 5) is 14.2. The normalized spacial score (nSPS) is 20.1. The Balaban J connectivity index is 1.90. The van der Waals surface area contributed by atoms with Gasteiger partial charge in [-0.05, 0) is 25.3 Å². The van der Waals surface area contributed by atoms with Gasteiger partial charge in [-0.2, -0.15) is 5.10 Å². The summed E-state index contributed by atoms with van der Waals surface area (Å²) in [5.74, 6) is 0.626. The average Bonchev–Trinajstić information content (AvgIpc) is 2.95. The Morgan fingerprint density at radius 2 is 2.37 bits per heavy atom. The number of carbonyl (C=O) groups excluding carboxylic acids is 1. The van der Waals surface area contributed by atoms with Crippen molar-refractivity contribution < 1.29 is 4.79 Å². The van der Waals surface area contributed by atoms with Crippen molar-refractivity contribution in [1.82, 2.24) is 20.0 Å². The van der Waals surface area contributed by atoms with Gasteiger partial charge < -0.3 is 5.32 Å². The van der Waals surface area contributed by atoms with E-state index in [9.17, 15) is 4.79 Å². The summed E-state index contributed by atoms with van der Waals surface area (Å²) in [5, 5.41) is 7.21. The molecule has 0 bridgehead atoms. The summed E-state index contributed by atoms with van der Waals surface area (Å²) in [5.41, 5.74) is 1.22. The monoisotopic (exact) mass is 264 g/mol. The summed E-state index contributed by atoms with van der Waals surface area (Å²) in [7, 11) is 1.93. The van der Waals surface area contributed by atoms with E-state index in [0.29, 0.717) is 18.5 Å². The number of nitrogens with one attached hydrogen (secondary N) is 1. The standard InChI is InChI=1S/C14H24N4O/c1-11(2)7-15-14(19)10-18-6-4-5-13(18)12-8-16-17(3)9-12/h8-9,11,13H,4-7,10H2,1-3H3,(H,15,19). The molecule has 1 unspecified atom stereocenters. The van der Waals surface area contributed by atoms with Gasteiger partial charge in [-0.25, -0.2) is 0 Å². The molecule has 0 radical (unpaired) electrons. The summed E-state index contributed by atoms with van der Waals surface area (Å²) in [6.45, 7) is 6.45. The van der Waals surface area contributed by atoms with Crippen molar-refractivity contribution in [1.29, 1.82) is 0 Å². The summed E-state index contributed by atoms with van der Waals surface area (Å²) in [6.07, 6.45) is 6.23. The first-order valence-electron chi connectivity index (χ1n) is 7.05. The lowest BCUT2D eigenvalue weighted by Gasteiger charge is -2.23. The molecule has 0 saturated carbocycles. The first-order chi connectivity index (χ1) is 9.06. The fraction of sp³-hybridized carbons (Fsp3) is 0.714. The van der Waals surface area contributed by atoms with Gasteiger partial charge in [-0.1, -0.05) is 13.8 Å². The molecule has 5 nitrogen and oxygen atoms in total. The Labute approximate surface area is 115 Å². The number of nitrogens with zero attached hydrogens (tertiary/aromatic N) is 3. The second kappa shape index (κ2) is 6.19. The van der Waals surface area contributed by atoms with Crippen LogP contribution in [0.1, 0.15) is 38.3 Å². The largest absolute Gasteiger partial charge is 0.355 e. The molecule has 1 saturated heterocycles. The minimum atomic E-state index is 0.129. The van der Waals surface area contributed by atoms with Crippen LogP contribution in [0.2, 0.25) is 0 Å². The van der Waals surface area contributed by atoms with E-state index in [0.717, 1.165) is 25.9 Å². The average molecular weight is 264 g/mol. The van der Waals surface area contributed by atoms with E-state index in [1.165, 1.54) is 5.56 Å². The van der Waals surface area contributed by atoms with Gasteiger partial charge in [0.25, 0.3) is 0 Å². The highest BCUT2D eigenvalue weighted by Crippen LogP contribution is 2.30. The number of hydrogen-bond donors (Lipinski definition) is 1. The number of hydrogen-bond acceptors (Lipinski definition) is 3. The van der Waals surface area contributed by atoms with E-state index in [2.05, 4.69) is 35.4 Å². The third-order valence-corrected chi connectivity index (χ3v) is 3.53. The molecule has 1 aliphatic heterocycles. The van der Waals surface area contributed by atoms with Gasteiger partial charge in [0.05, 0.1) is 12.7 Å². The summed E-state index contributed by atoms with van der Waals surface area (Å²) < 4.78 is 1.82. The van der Waals surface area contributed by atoms with Crippen molar-refractivity contribution in [2.24, 2.45) is 13.0 Å². The summed E-state index contributed by atoms with van der Waals surface area (Å²) >= 11 is 0. The van der Waals surface area contributed by atoms with E-state index in [1.807, 2.05) is 17.9 Å². The summed E-state index contributed by atoms with van der Waals surface area (Å²) in [6, 6.07) is 0.346. The first-order valence-corrected chi connectivity index (χ1v) is 7.05. The zero-order valence-electron chi connectivity index (χ0n) is 12.1. The van der Waals surface area contributed by atoms with Crippen LogP contribution in [-0.2, 0) is 11.8 Å². The predicted molar refractivity (Wildman–Crippen MR) is 74.6 cm³/mol. The molecule has 5 heteroatoms. The molecule has 0 aromatic carbocycles. The van der Waals surface area contributed by atoms with Crippen molar-refractivity contribution in [3.05, 3.63) is 18.0 Å². The van der Waals surface area contributed by atoms with Crippen molar-refractivity contribution in [3.8, 4) is 0 Å². The van der Waals surface area contributed by atoms with Crippen LogP contribution in [-0.4, -0.2) is 40.2 Å². The lowest BCUT2D eigenvalue weighted by atomic mass is 10.1. The molecule has 106 valence electrons. The minimum Gasteiger partial charge on any atom is -0.355 e. The van der Waals surface area contributed by atoms with E-state index < -0.39 is 0 Å². The maximum absolute atomic E-state index is 11.9. The molecule has 19 heavy (non-hydrogen) atoms. The molecule has 1 atom stereocenters. The van der Waals surface area contributed by atoms with Crippen LogP contribution in [0.15, 0.2) is 12.4 Å². The van der Waals surface area contributed by atoms with Crippen molar-refractivity contribution in [3.63, 3.8) is 0 Å². The van der Waals surface area contributed by atoms with Gasteiger partial charge in [0.2, 0.25) is 5.91 Å². The van der Waals surface area contributed by atoms with Crippen molar-refractivity contribution in [2.75, 3.05) is 19.6 Å². The molecule has 2 heterocycles. The second-order valence-corrected chi connectivity index (χ2v) is 5.77. The van der Waals surface area contributed by atoms with Gasteiger partial charge in [0.15, 0.2) is 0 Å². The van der Waals surface area contributed by atoms with Crippen LogP contribution in [0.3, 0.4) is 0 Å². The van der Waals surface area contributed by atoms with Gasteiger partial charge in [-0.3, -0.25) is 14.4 Å². The molecule has 1 aromatic rings. The van der Waals surface area contributed by atoms with E-state index in [4.69, 9.17) is 0 Å². The first kappa shape index (κ1) is 14.1. The fourth-order valence-electron chi connectivity index (χ4n) is 2.56. The van der Waals surface area contributed by atoms with E-state index in [1.54, 1.807) is 0 Å². The van der Waals surface area contributed by atoms with Gasteiger partial charge in [0.1, 0.15) is 0 Å².